The van der Waals surface area contributed by atoms with Crippen molar-refractivity contribution in [3.05, 3.63) is 90.6 Å². The molecule has 4 rings (SSSR count). The molecule has 0 spiro atoms. The van der Waals surface area contributed by atoms with Gasteiger partial charge in [0, 0.05) is 34.2 Å². The van der Waals surface area contributed by atoms with Crippen LogP contribution in [0.25, 0.3) is 10.9 Å². The molecule has 0 radical (unpaired) electrons. The minimum Gasteiger partial charge on any atom is -0.406 e. The van der Waals surface area contributed by atoms with Gasteiger partial charge in [0.2, 0.25) is 5.91 Å². The maximum Gasteiger partial charge on any atom is 0.573 e. The molecule has 0 aliphatic carbocycles. The fourth-order valence-corrected chi connectivity index (χ4v) is 4.21. The molecule has 0 bridgehead atoms. The number of halogens is 3. The van der Waals surface area contributed by atoms with E-state index in [1.54, 1.807) is 0 Å². The number of hydrogen-bond donors (Lipinski definition) is 1. The number of carbonyl (C=O) groups excluding carboxylic acids is 1. The third-order valence-corrected chi connectivity index (χ3v) is 5.72. The van der Waals surface area contributed by atoms with Gasteiger partial charge in [-0.05, 0) is 35.9 Å². The fourth-order valence-electron chi connectivity index (χ4n) is 3.32. The summed E-state index contributed by atoms with van der Waals surface area (Å²) < 4.78 is 42.7. The zero-order valence-electron chi connectivity index (χ0n) is 16.8. The summed E-state index contributed by atoms with van der Waals surface area (Å²) in [6.07, 6.45) is -2.71. The van der Waals surface area contributed by atoms with E-state index in [4.69, 9.17) is 0 Å². The molecule has 0 fully saturated rings. The van der Waals surface area contributed by atoms with Gasteiger partial charge in [0.1, 0.15) is 5.75 Å². The van der Waals surface area contributed by atoms with Gasteiger partial charge in [-0.1, -0.05) is 48.5 Å². The summed E-state index contributed by atoms with van der Waals surface area (Å²) in [5.41, 5.74) is 2.66. The number of hydrogen-bond acceptors (Lipinski definition) is 3. The van der Waals surface area contributed by atoms with Gasteiger partial charge in [-0.2, -0.15) is 0 Å². The molecule has 1 aromatic heterocycles. The lowest BCUT2D eigenvalue weighted by atomic mass is 10.2. The van der Waals surface area contributed by atoms with Crippen LogP contribution in [-0.2, 0) is 11.3 Å². The molecule has 32 heavy (non-hydrogen) atoms. The number of alkyl halides is 3. The van der Waals surface area contributed by atoms with Crippen molar-refractivity contribution in [2.75, 3.05) is 11.1 Å². The Hall–Kier alpha value is -3.39. The SMILES string of the molecule is O=C(CSc1cn(Cc2ccccc2)c2ccccc12)Nc1ccc(OC(F)(F)F)cc1. The zero-order valence-corrected chi connectivity index (χ0v) is 17.6. The molecule has 8 heteroatoms. The van der Waals surface area contributed by atoms with Crippen molar-refractivity contribution in [1.29, 1.82) is 0 Å². The van der Waals surface area contributed by atoms with E-state index in [0.29, 0.717) is 5.69 Å². The number of rotatable bonds is 7. The number of amides is 1. The zero-order chi connectivity index (χ0) is 22.6. The summed E-state index contributed by atoms with van der Waals surface area (Å²) in [5, 5.41) is 3.76. The van der Waals surface area contributed by atoms with E-state index in [-0.39, 0.29) is 17.4 Å². The molecule has 4 aromatic rings. The summed E-state index contributed by atoms with van der Waals surface area (Å²) in [4.78, 5) is 13.4. The number of aromatic nitrogens is 1. The summed E-state index contributed by atoms with van der Waals surface area (Å²) in [5.74, 6) is -0.421. The number of para-hydroxylation sites is 1. The van der Waals surface area contributed by atoms with Crippen LogP contribution in [-0.4, -0.2) is 22.6 Å². The Balaban J connectivity index is 1.41. The van der Waals surface area contributed by atoms with Crippen LogP contribution in [0, 0.1) is 0 Å². The lowest BCUT2D eigenvalue weighted by molar-refractivity contribution is -0.274. The first-order chi connectivity index (χ1) is 15.4. The Morgan fingerprint density at radius 2 is 1.62 bits per heavy atom. The molecule has 1 heterocycles. The van der Waals surface area contributed by atoms with Crippen LogP contribution < -0.4 is 10.1 Å². The number of carbonyl (C=O) groups is 1. The molecule has 0 saturated carbocycles. The third kappa shape index (κ3) is 5.64. The minimum atomic E-state index is -4.75. The van der Waals surface area contributed by atoms with Gasteiger partial charge in [0.25, 0.3) is 0 Å². The van der Waals surface area contributed by atoms with Crippen molar-refractivity contribution in [1.82, 2.24) is 4.57 Å². The first-order valence-electron chi connectivity index (χ1n) is 9.78. The summed E-state index contributed by atoms with van der Waals surface area (Å²) in [7, 11) is 0. The molecule has 1 N–H and O–H groups in total. The van der Waals surface area contributed by atoms with Crippen molar-refractivity contribution in [2.24, 2.45) is 0 Å². The second kappa shape index (κ2) is 9.40. The number of nitrogens with zero attached hydrogens (tertiary/aromatic N) is 1. The number of fused-ring (bicyclic) bond motifs is 1. The lowest BCUT2D eigenvalue weighted by Gasteiger charge is -2.10. The normalized spacial score (nSPS) is 11.5. The Kier molecular flexibility index (Phi) is 6.41. The number of benzene rings is 3. The molecule has 3 aromatic carbocycles. The molecule has 0 saturated heterocycles. The van der Waals surface area contributed by atoms with Gasteiger partial charge in [-0.25, -0.2) is 0 Å². The van der Waals surface area contributed by atoms with Crippen molar-refractivity contribution in [2.45, 2.75) is 17.8 Å². The summed E-state index contributed by atoms with van der Waals surface area (Å²) in [6, 6.07) is 23.2. The van der Waals surface area contributed by atoms with E-state index < -0.39 is 6.36 Å². The predicted octanol–water partition coefficient (Wildman–Crippen LogP) is 6.32. The van der Waals surface area contributed by atoms with Gasteiger partial charge in [-0.3, -0.25) is 4.79 Å². The average molecular weight is 456 g/mol. The van der Waals surface area contributed by atoms with E-state index in [1.807, 2.05) is 48.7 Å². The maximum absolute atomic E-state index is 12.4. The molecular formula is C24H19F3N2O2S. The number of nitrogens with one attached hydrogen (secondary N) is 1. The molecule has 0 unspecified atom stereocenters. The first-order valence-corrected chi connectivity index (χ1v) is 10.8. The number of anilines is 1. The van der Waals surface area contributed by atoms with E-state index in [0.717, 1.165) is 34.5 Å². The van der Waals surface area contributed by atoms with Crippen LogP contribution in [0.5, 0.6) is 5.75 Å². The molecule has 0 aliphatic rings. The Morgan fingerprint density at radius 1 is 0.938 bits per heavy atom. The summed E-state index contributed by atoms with van der Waals surface area (Å²) >= 11 is 1.41. The topological polar surface area (TPSA) is 43.3 Å². The standard InChI is InChI=1S/C24H19F3N2O2S/c25-24(26,27)31-19-12-10-18(11-13-19)28-23(30)16-32-22-15-29(14-17-6-2-1-3-7-17)21-9-5-4-8-20(21)22/h1-13,15H,14,16H2,(H,28,30). The van der Waals surface area contributed by atoms with E-state index in [2.05, 4.69) is 26.8 Å². The monoisotopic (exact) mass is 456 g/mol. The number of thioether (sulfide) groups is 1. The molecule has 4 nitrogen and oxygen atoms in total. The van der Waals surface area contributed by atoms with Crippen LogP contribution in [0.15, 0.2) is 90.0 Å². The van der Waals surface area contributed by atoms with Crippen LogP contribution in [0.4, 0.5) is 18.9 Å². The molecule has 164 valence electrons. The second-order valence-electron chi connectivity index (χ2n) is 7.03. The molecule has 1 amide bonds. The van der Waals surface area contributed by atoms with Crippen molar-refractivity contribution < 1.29 is 22.7 Å². The maximum atomic E-state index is 12.4. The van der Waals surface area contributed by atoms with Crippen molar-refractivity contribution in [3.63, 3.8) is 0 Å². The van der Waals surface area contributed by atoms with E-state index in [9.17, 15) is 18.0 Å². The van der Waals surface area contributed by atoms with Crippen LogP contribution >= 0.6 is 11.8 Å². The van der Waals surface area contributed by atoms with E-state index >= 15 is 0 Å². The molecular weight excluding hydrogens is 437 g/mol. The predicted molar refractivity (Wildman–Crippen MR) is 120 cm³/mol. The van der Waals surface area contributed by atoms with E-state index in [1.165, 1.54) is 29.5 Å². The average Bonchev–Trinajstić information content (AvgIpc) is 3.11. The Labute approximate surface area is 187 Å². The minimum absolute atomic E-state index is 0.167. The Bertz CT molecular complexity index is 1210. The number of ether oxygens (including phenoxy) is 1. The van der Waals surface area contributed by atoms with Crippen LogP contribution in [0.1, 0.15) is 5.56 Å². The second-order valence-corrected chi connectivity index (χ2v) is 8.05. The molecule has 0 aliphatic heterocycles. The third-order valence-electron chi connectivity index (χ3n) is 4.68. The van der Waals surface area contributed by atoms with Crippen LogP contribution in [0.2, 0.25) is 0 Å². The highest BCUT2D eigenvalue weighted by Crippen LogP contribution is 2.31. The Morgan fingerprint density at radius 3 is 2.34 bits per heavy atom. The lowest BCUT2D eigenvalue weighted by Crippen LogP contribution is -2.17. The van der Waals surface area contributed by atoms with Crippen molar-refractivity contribution in [3.8, 4) is 5.75 Å². The highest BCUT2D eigenvalue weighted by molar-refractivity contribution is 8.00. The smallest absolute Gasteiger partial charge is 0.406 e. The fraction of sp³-hybridized carbons (Fsp3) is 0.125. The van der Waals surface area contributed by atoms with Gasteiger partial charge in [-0.15, -0.1) is 24.9 Å². The molecule has 0 atom stereocenters. The van der Waals surface area contributed by atoms with Gasteiger partial charge in [0.05, 0.1) is 5.75 Å². The highest BCUT2D eigenvalue weighted by atomic mass is 32.2. The van der Waals surface area contributed by atoms with Gasteiger partial charge < -0.3 is 14.6 Å². The summed E-state index contributed by atoms with van der Waals surface area (Å²) in [6.45, 7) is 0.723. The first kappa shape index (κ1) is 21.8. The van der Waals surface area contributed by atoms with Gasteiger partial charge in [0.15, 0.2) is 0 Å². The van der Waals surface area contributed by atoms with Crippen molar-refractivity contribution >= 4 is 34.3 Å². The highest BCUT2D eigenvalue weighted by Gasteiger charge is 2.30. The van der Waals surface area contributed by atoms with Crippen LogP contribution in [0.3, 0.4) is 0 Å². The quantitative estimate of drug-likeness (QED) is 0.331. The largest absolute Gasteiger partial charge is 0.573 e. The van der Waals surface area contributed by atoms with Gasteiger partial charge >= 0.3 is 6.36 Å².